The summed E-state index contributed by atoms with van der Waals surface area (Å²) in [4.78, 5) is 26.3. The molecular weight excluding hydrogens is 847 g/mol. The summed E-state index contributed by atoms with van der Waals surface area (Å²) in [5.41, 5.74) is 0. The Morgan fingerprint density at radius 2 is 1.03 bits per heavy atom. The summed E-state index contributed by atoms with van der Waals surface area (Å²) in [6.45, 7) is 5.73. The van der Waals surface area contributed by atoms with E-state index in [1.54, 1.807) is 6.08 Å². The third-order valence-corrected chi connectivity index (χ3v) is 13.1. The molecule has 0 spiro atoms. The predicted molar refractivity (Wildman–Crippen MR) is 274 cm³/mol. The Kier molecular flexibility index (Phi) is 42.3. The van der Waals surface area contributed by atoms with Crippen LogP contribution in [0.15, 0.2) is 36.5 Å². The van der Waals surface area contributed by atoms with Gasteiger partial charge in [-0.25, -0.2) is 0 Å². The molecule has 392 valence electrons. The number of allylic oxidation sites excluding steroid dienone is 5. The van der Waals surface area contributed by atoms with Gasteiger partial charge in [0.15, 0.2) is 12.4 Å². The predicted octanol–water partition coefficient (Wildman–Crippen LogP) is 11.9. The van der Waals surface area contributed by atoms with Gasteiger partial charge in [0.2, 0.25) is 5.91 Å². The molecule has 1 aliphatic rings. The molecule has 67 heavy (non-hydrogen) atoms. The molecule has 1 amide bonds. The molecule has 0 saturated carbocycles. The molecule has 0 radical (unpaired) electrons. The Balaban J connectivity index is 2.79. The highest BCUT2D eigenvalue weighted by molar-refractivity contribution is 5.80. The maximum absolute atomic E-state index is 13.3. The summed E-state index contributed by atoms with van der Waals surface area (Å²) in [5, 5.41) is 56.6. The maximum Gasteiger partial charge on any atom is 0.306 e. The fourth-order valence-corrected chi connectivity index (χ4v) is 8.59. The normalized spacial score (nSPS) is 20.3. The molecule has 11 nitrogen and oxygen atoms in total. The van der Waals surface area contributed by atoms with Crippen LogP contribution in [0.2, 0.25) is 0 Å². The van der Waals surface area contributed by atoms with Crippen LogP contribution >= 0.6 is 0 Å². The van der Waals surface area contributed by atoms with E-state index in [0.29, 0.717) is 19.3 Å². The lowest BCUT2D eigenvalue weighted by molar-refractivity contribution is -0.305. The second-order valence-corrected chi connectivity index (χ2v) is 19.3. The fraction of sp³-hybridized carbons (Fsp3) is 0.857. The number of amides is 1. The molecule has 1 heterocycles. The van der Waals surface area contributed by atoms with Crippen LogP contribution in [0.1, 0.15) is 245 Å². The van der Waals surface area contributed by atoms with Crippen LogP contribution in [0.4, 0.5) is 0 Å². The summed E-state index contributed by atoms with van der Waals surface area (Å²) < 4.78 is 17.5. The number of aliphatic hydroxyl groups is 5. The lowest BCUT2D eigenvalue weighted by atomic mass is 9.99. The molecule has 1 saturated heterocycles. The van der Waals surface area contributed by atoms with Crippen LogP contribution in [-0.4, -0.2) is 99.6 Å². The molecule has 0 aromatic heterocycles. The van der Waals surface area contributed by atoms with E-state index < -0.39 is 67.4 Å². The van der Waals surface area contributed by atoms with E-state index in [0.717, 1.165) is 51.4 Å². The minimum atomic E-state index is -1.63. The fourth-order valence-electron chi connectivity index (χ4n) is 8.59. The van der Waals surface area contributed by atoms with Gasteiger partial charge in [-0.1, -0.05) is 231 Å². The van der Waals surface area contributed by atoms with E-state index in [4.69, 9.17) is 14.2 Å². The summed E-state index contributed by atoms with van der Waals surface area (Å²) in [6.07, 6.45) is 40.6. The Bertz CT molecular complexity index is 1230. The first kappa shape index (κ1) is 62.9. The van der Waals surface area contributed by atoms with Crippen molar-refractivity contribution >= 4 is 11.9 Å². The van der Waals surface area contributed by atoms with Crippen LogP contribution in [0.5, 0.6) is 0 Å². The first-order valence-corrected chi connectivity index (χ1v) is 27.8. The Morgan fingerprint density at radius 1 is 0.582 bits per heavy atom. The molecule has 0 bridgehead atoms. The number of aliphatic hydroxyl groups excluding tert-OH is 5. The molecule has 0 aromatic carbocycles. The van der Waals surface area contributed by atoms with E-state index in [1.165, 1.54) is 148 Å². The highest BCUT2D eigenvalue weighted by Gasteiger charge is 2.47. The van der Waals surface area contributed by atoms with E-state index in [1.807, 2.05) is 18.2 Å². The minimum absolute atomic E-state index is 0.0197. The van der Waals surface area contributed by atoms with Gasteiger partial charge in [0.25, 0.3) is 0 Å². The van der Waals surface area contributed by atoms with Crippen molar-refractivity contribution in [1.82, 2.24) is 5.32 Å². The van der Waals surface area contributed by atoms with E-state index >= 15 is 0 Å². The smallest absolute Gasteiger partial charge is 0.306 e. The van der Waals surface area contributed by atoms with Gasteiger partial charge in [-0.05, 0) is 44.9 Å². The number of hydrogen-bond acceptors (Lipinski definition) is 10. The van der Waals surface area contributed by atoms with Gasteiger partial charge in [-0.2, -0.15) is 0 Å². The summed E-state index contributed by atoms with van der Waals surface area (Å²) in [6, 6.07) is -1.03. The van der Waals surface area contributed by atoms with Crippen molar-refractivity contribution in [2.45, 2.75) is 294 Å². The average molecular weight is 950 g/mol. The van der Waals surface area contributed by atoms with Gasteiger partial charge < -0.3 is 45.1 Å². The van der Waals surface area contributed by atoms with E-state index in [-0.39, 0.29) is 13.0 Å². The Labute approximate surface area is 409 Å². The van der Waals surface area contributed by atoms with Crippen LogP contribution in [0, 0.1) is 0 Å². The number of ether oxygens (including phenoxy) is 3. The van der Waals surface area contributed by atoms with Gasteiger partial charge in [-0.3, -0.25) is 9.59 Å². The second-order valence-electron chi connectivity index (χ2n) is 19.3. The lowest BCUT2D eigenvalue weighted by Crippen LogP contribution is -2.61. The van der Waals surface area contributed by atoms with Crippen LogP contribution in [0.3, 0.4) is 0 Å². The van der Waals surface area contributed by atoms with Crippen molar-refractivity contribution in [2.75, 3.05) is 13.2 Å². The number of unbranched alkanes of at least 4 members (excludes halogenated alkanes) is 28. The zero-order chi connectivity index (χ0) is 49.0. The van der Waals surface area contributed by atoms with Crippen molar-refractivity contribution in [1.29, 1.82) is 0 Å². The quantitative estimate of drug-likeness (QED) is 0.0196. The highest BCUT2D eigenvalue weighted by atomic mass is 16.7. The van der Waals surface area contributed by atoms with Crippen molar-refractivity contribution in [3.05, 3.63) is 36.5 Å². The number of hydrogen-bond donors (Lipinski definition) is 6. The average Bonchev–Trinajstić information content (AvgIpc) is 3.32. The van der Waals surface area contributed by atoms with E-state index in [9.17, 15) is 35.1 Å². The van der Waals surface area contributed by atoms with Crippen molar-refractivity contribution in [3.8, 4) is 0 Å². The number of rotatable bonds is 46. The zero-order valence-electron chi connectivity index (χ0n) is 43.0. The van der Waals surface area contributed by atoms with Gasteiger partial charge in [0, 0.05) is 6.42 Å². The molecular formula is C56H103NO10. The SMILES string of the molecule is CCCCCCCC/C=C\C/C=C/CCC(=O)OC1C(OCC(NC(=O)C(O)CCCCCCCCCCCCCCC)C(O)/C=C/CCCCCCCCCCCC)OC(CO)C(O)C1O. The Morgan fingerprint density at radius 3 is 1.52 bits per heavy atom. The van der Waals surface area contributed by atoms with Crippen molar-refractivity contribution in [2.24, 2.45) is 0 Å². The molecule has 1 aliphatic heterocycles. The summed E-state index contributed by atoms with van der Waals surface area (Å²) in [7, 11) is 0. The molecule has 11 heteroatoms. The third-order valence-electron chi connectivity index (χ3n) is 13.1. The number of esters is 1. The monoisotopic (exact) mass is 950 g/mol. The topological polar surface area (TPSA) is 175 Å². The minimum Gasteiger partial charge on any atom is -0.454 e. The maximum atomic E-state index is 13.3. The Hall–Kier alpha value is -2.12. The highest BCUT2D eigenvalue weighted by Crippen LogP contribution is 2.26. The van der Waals surface area contributed by atoms with Gasteiger partial charge in [-0.15, -0.1) is 0 Å². The second kappa shape index (κ2) is 45.0. The molecule has 8 unspecified atom stereocenters. The van der Waals surface area contributed by atoms with Crippen molar-refractivity contribution in [3.63, 3.8) is 0 Å². The van der Waals surface area contributed by atoms with Crippen molar-refractivity contribution < 1.29 is 49.3 Å². The zero-order valence-corrected chi connectivity index (χ0v) is 43.0. The molecule has 0 aliphatic carbocycles. The summed E-state index contributed by atoms with van der Waals surface area (Å²) >= 11 is 0. The van der Waals surface area contributed by atoms with E-state index in [2.05, 4.69) is 38.2 Å². The molecule has 0 aromatic rings. The number of nitrogens with one attached hydrogen (secondary N) is 1. The first-order valence-electron chi connectivity index (χ1n) is 27.8. The summed E-state index contributed by atoms with van der Waals surface area (Å²) in [5.74, 6) is -1.26. The molecule has 1 fully saturated rings. The molecule has 8 atom stereocenters. The number of carbonyl (C=O) groups is 2. The van der Waals surface area contributed by atoms with Gasteiger partial charge in [0.05, 0.1) is 25.4 Å². The number of carbonyl (C=O) groups excluding carboxylic acids is 2. The molecule has 1 rings (SSSR count). The third kappa shape index (κ3) is 34.0. The van der Waals surface area contributed by atoms with Crippen LogP contribution in [-0.2, 0) is 23.8 Å². The first-order chi connectivity index (χ1) is 32.7. The largest absolute Gasteiger partial charge is 0.454 e. The standard InChI is InChI=1S/C56H103NO10/c1-4-7-10-13-16-19-22-25-28-31-34-37-40-43-49(60)55(64)57-47(48(59)42-39-36-33-30-27-24-21-18-15-12-9-6-3)46-65-56-54(53(63)52(62)50(45-58)66-56)67-51(61)44-41-38-35-32-29-26-23-20-17-14-11-8-5-2/h26,29,35,38-39,42,47-50,52-54,56,58-60,62-63H,4-25,27-28,30-34,36-37,40-41,43-46H2,1-3H3,(H,57,64)/b29-26-,38-35+,42-39+. The van der Waals surface area contributed by atoms with Crippen LogP contribution in [0.25, 0.3) is 0 Å². The lowest BCUT2D eigenvalue weighted by Gasteiger charge is -2.41. The van der Waals surface area contributed by atoms with Gasteiger partial charge in [0.1, 0.15) is 24.4 Å². The molecule has 6 N–H and O–H groups in total. The van der Waals surface area contributed by atoms with Gasteiger partial charge >= 0.3 is 5.97 Å². The van der Waals surface area contributed by atoms with Crippen LogP contribution < -0.4 is 5.32 Å².